The van der Waals surface area contributed by atoms with Crippen LogP contribution >= 0.6 is 0 Å². The summed E-state index contributed by atoms with van der Waals surface area (Å²) in [6.45, 7) is 0. The van der Waals surface area contributed by atoms with Crippen molar-refractivity contribution in [1.29, 1.82) is 0 Å². The molecule has 0 unspecified atom stereocenters. The van der Waals surface area contributed by atoms with Gasteiger partial charge >= 0.3 is 5.97 Å². The monoisotopic (exact) mass is 158 g/mol. The molecule has 1 aliphatic rings. The van der Waals surface area contributed by atoms with Crippen LogP contribution in [-0.4, -0.2) is 33.5 Å². The molecule has 0 aliphatic heterocycles. The Bertz CT molecular complexity index is 197. The molecule has 0 radical (unpaired) electrons. The molecule has 0 bridgehead atoms. The van der Waals surface area contributed by atoms with Gasteiger partial charge in [0.2, 0.25) is 0 Å². The van der Waals surface area contributed by atoms with Gasteiger partial charge in [0.1, 0.15) is 6.10 Å². The van der Waals surface area contributed by atoms with Gasteiger partial charge in [0.05, 0.1) is 11.7 Å². The van der Waals surface area contributed by atoms with Crippen LogP contribution in [0.15, 0.2) is 11.6 Å². The van der Waals surface area contributed by atoms with Gasteiger partial charge in [-0.05, 0) is 12.8 Å². The first-order valence-corrected chi connectivity index (χ1v) is 3.42. The molecule has 2 atom stereocenters. The van der Waals surface area contributed by atoms with Crippen LogP contribution in [0.3, 0.4) is 0 Å². The first-order chi connectivity index (χ1) is 5.13. The summed E-state index contributed by atoms with van der Waals surface area (Å²) in [4.78, 5) is 10.4. The van der Waals surface area contributed by atoms with E-state index in [9.17, 15) is 4.79 Å². The smallest absolute Gasteiger partial charge is 0.333 e. The maximum Gasteiger partial charge on any atom is 0.333 e. The van der Waals surface area contributed by atoms with E-state index in [2.05, 4.69) is 0 Å². The molecular weight excluding hydrogens is 148 g/mol. The molecule has 0 saturated heterocycles. The van der Waals surface area contributed by atoms with E-state index in [-0.39, 0.29) is 5.57 Å². The summed E-state index contributed by atoms with van der Waals surface area (Å²) in [7, 11) is 0. The fraction of sp³-hybridized carbons (Fsp3) is 0.571. The molecular formula is C7H10O4. The highest BCUT2D eigenvalue weighted by molar-refractivity contribution is 5.88. The predicted octanol–water partition coefficient (Wildman–Crippen LogP) is -0.487. The zero-order chi connectivity index (χ0) is 8.43. The van der Waals surface area contributed by atoms with E-state index in [1.165, 1.54) is 6.08 Å². The van der Waals surface area contributed by atoms with Gasteiger partial charge in [-0.2, -0.15) is 0 Å². The molecule has 0 fully saturated rings. The molecule has 4 nitrogen and oxygen atoms in total. The number of rotatable bonds is 1. The Morgan fingerprint density at radius 3 is 2.64 bits per heavy atom. The summed E-state index contributed by atoms with van der Waals surface area (Å²) in [6.07, 6.45) is 0.240. The fourth-order valence-corrected chi connectivity index (χ4v) is 1.11. The molecule has 0 heterocycles. The minimum absolute atomic E-state index is 0.0937. The zero-order valence-corrected chi connectivity index (χ0v) is 5.90. The molecule has 1 rings (SSSR count). The van der Waals surface area contributed by atoms with E-state index in [1.54, 1.807) is 0 Å². The number of aliphatic hydroxyl groups is 2. The van der Waals surface area contributed by atoms with Crippen LogP contribution in [0, 0.1) is 0 Å². The fourth-order valence-electron chi connectivity index (χ4n) is 1.11. The van der Waals surface area contributed by atoms with Gasteiger partial charge < -0.3 is 15.3 Å². The first kappa shape index (κ1) is 8.23. The largest absolute Gasteiger partial charge is 0.478 e. The summed E-state index contributed by atoms with van der Waals surface area (Å²) in [5.41, 5.74) is -0.0937. The van der Waals surface area contributed by atoms with Gasteiger partial charge in [-0.15, -0.1) is 0 Å². The quantitative estimate of drug-likeness (QED) is 0.481. The van der Waals surface area contributed by atoms with Crippen molar-refractivity contribution in [2.24, 2.45) is 0 Å². The Balaban J connectivity index is 2.78. The SMILES string of the molecule is O=C(O)C1=CCC[C@H](O)[C@@H]1O. The summed E-state index contributed by atoms with van der Waals surface area (Å²) in [5.74, 6) is -1.16. The third-order valence-corrected chi connectivity index (χ3v) is 1.76. The van der Waals surface area contributed by atoms with Crippen LogP contribution in [-0.2, 0) is 4.79 Å². The number of carboxylic acids is 1. The van der Waals surface area contributed by atoms with Crippen LogP contribution in [0.25, 0.3) is 0 Å². The maximum atomic E-state index is 10.4. The third kappa shape index (κ3) is 1.58. The predicted molar refractivity (Wildman–Crippen MR) is 37.0 cm³/mol. The first-order valence-electron chi connectivity index (χ1n) is 3.42. The Labute approximate surface area is 63.8 Å². The van der Waals surface area contributed by atoms with Crippen LogP contribution in [0.1, 0.15) is 12.8 Å². The molecule has 0 aromatic rings. The average Bonchev–Trinajstić information content (AvgIpc) is 1.94. The highest BCUT2D eigenvalue weighted by Gasteiger charge is 2.27. The lowest BCUT2D eigenvalue weighted by Crippen LogP contribution is -2.33. The number of carbonyl (C=O) groups is 1. The van der Waals surface area contributed by atoms with E-state index in [1.807, 2.05) is 0 Å². The number of hydrogen-bond donors (Lipinski definition) is 3. The number of aliphatic carboxylic acids is 1. The van der Waals surface area contributed by atoms with Crippen molar-refractivity contribution in [2.75, 3.05) is 0 Å². The lowest BCUT2D eigenvalue weighted by molar-refractivity contribution is -0.135. The van der Waals surface area contributed by atoms with Crippen molar-refractivity contribution in [1.82, 2.24) is 0 Å². The Kier molecular flexibility index (Phi) is 2.26. The summed E-state index contributed by atoms with van der Waals surface area (Å²) >= 11 is 0. The molecule has 11 heavy (non-hydrogen) atoms. The number of aliphatic hydroxyl groups excluding tert-OH is 2. The molecule has 4 heteroatoms. The van der Waals surface area contributed by atoms with Gasteiger partial charge in [0, 0.05) is 0 Å². The summed E-state index contributed by atoms with van der Waals surface area (Å²) < 4.78 is 0. The lowest BCUT2D eigenvalue weighted by atomic mass is 9.94. The highest BCUT2D eigenvalue weighted by atomic mass is 16.4. The molecule has 0 spiro atoms. The van der Waals surface area contributed by atoms with Gasteiger partial charge in [0.15, 0.2) is 0 Å². The Hall–Kier alpha value is -0.870. The maximum absolute atomic E-state index is 10.4. The molecule has 0 aromatic carbocycles. The van der Waals surface area contributed by atoms with Crippen molar-refractivity contribution < 1.29 is 20.1 Å². The molecule has 62 valence electrons. The van der Waals surface area contributed by atoms with Crippen LogP contribution in [0.5, 0.6) is 0 Å². The second-order valence-corrected chi connectivity index (χ2v) is 2.55. The van der Waals surface area contributed by atoms with E-state index >= 15 is 0 Å². The Morgan fingerprint density at radius 2 is 2.18 bits per heavy atom. The lowest BCUT2D eigenvalue weighted by Gasteiger charge is -2.21. The number of allylic oxidation sites excluding steroid dienone is 1. The van der Waals surface area contributed by atoms with E-state index in [0.29, 0.717) is 12.8 Å². The third-order valence-electron chi connectivity index (χ3n) is 1.76. The van der Waals surface area contributed by atoms with Crippen molar-refractivity contribution in [3.05, 3.63) is 11.6 Å². The topological polar surface area (TPSA) is 77.8 Å². The standard InChI is InChI=1S/C7H10O4/c8-5-3-1-2-4(6(5)9)7(10)11/h2,5-6,8-9H,1,3H2,(H,10,11)/t5-,6+/m0/s1. The number of hydrogen-bond acceptors (Lipinski definition) is 3. The molecule has 0 aromatic heterocycles. The van der Waals surface area contributed by atoms with E-state index in [0.717, 1.165) is 0 Å². The molecule has 3 N–H and O–H groups in total. The zero-order valence-electron chi connectivity index (χ0n) is 5.90. The van der Waals surface area contributed by atoms with E-state index < -0.39 is 18.2 Å². The van der Waals surface area contributed by atoms with Crippen molar-refractivity contribution in [3.8, 4) is 0 Å². The molecule has 0 saturated carbocycles. The van der Waals surface area contributed by atoms with Crippen molar-refractivity contribution in [3.63, 3.8) is 0 Å². The minimum atomic E-state index is -1.22. The van der Waals surface area contributed by atoms with Gasteiger partial charge in [-0.25, -0.2) is 4.79 Å². The second-order valence-electron chi connectivity index (χ2n) is 2.55. The van der Waals surface area contributed by atoms with Crippen molar-refractivity contribution in [2.45, 2.75) is 25.0 Å². The number of carboxylic acid groups (broad SMARTS) is 1. The summed E-state index contributed by atoms with van der Waals surface area (Å²) in [6, 6.07) is 0. The summed E-state index contributed by atoms with van der Waals surface area (Å²) in [5, 5.41) is 26.6. The highest BCUT2D eigenvalue weighted by Crippen LogP contribution is 2.18. The van der Waals surface area contributed by atoms with Crippen LogP contribution in [0.2, 0.25) is 0 Å². The van der Waals surface area contributed by atoms with Crippen molar-refractivity contribution >= 4 is 5.97 Å². The Morgan fingerprint density at radius 1 is 1.55 bits per heavy atom. The molecule has 0 amide bonds. The van der Waals surface area contributed by atoms with E-state index in [4.69, 9.17) is 15.3 Å². The minimum Gasteiger partial charge on any atom is -0.478 e. The second kappa shape index (κ2) is 3.02. The van der Waals surface area contributed by atoms with Gasteiger partial charge in [-0.1, -0.05) is 6.08 Å². The van der Waals surface area contributed by atoms with Gasteiger partial charge in [-0.3, -0.25) is 0 Å². The average molecular weight is 158 g/mol. The van der Waals surface area contributed by atoms with Gasteiger partial charge in [0.25, 0.3) is 0 Å². The van der Waals surface area contributed by atoms with Crippen LogP contribution in [0.4, 0.5) is 0 Å². The van der Waals surface area contributed by atoms with Crippen LogP contribution < -0.4 is 0 Å². The normalized spacial score (nSPS) is 31.3. The molecule has 1 aliphatic carbocycles.